The number of hydrogen-bond donors (Lipinski definition) is 0. The van der Waals surface area contributed by atoms with Gasteiger partial charge in [-0.05, 0) is 60.7 Å². The maximum atomic E-state index is 4.23. The molecule has 1 aromatic carbocycles. The highest BCUT2D eigenvalue weighted by Gasteiger charge is 2.20. The lowest BCUT2D eigenvalue weighted by Crippen LogP contribution is -2.20. The Morgan fingerprint density at radius 2 is 1.90 bits per heavy atom. The zero-order chi connectivity index (χ0) is 21.8. The van der Waals surface area contributed by atoms with Crippen LogP contribution in [-0.2, 0) is 6.42 Å². The van der Waals surface area contributed by atoms with E-state index in [2.05, 4.69) is 88.5 Å². The molecule has 0 aromatic heterocycles. The van der Waals surface area contributed by atoms with Crippen LogP contribution in [0, 0.1) is 0 Å². The first kappa shape index (κ1) is 24.2. The van der Waals surface area contributed by atoms with E-state index < -0.39 is 0 Å². The van der Waals surface area contributed by atoms with Crippen molar-refractivity contribution in [2.75, 3.05) is 7.05 Å². The van der Waals surface area contributed by atoms with Gasteiger partial charge in [0.2, 0.25) is 0 Å². The van der Waals surface area contributed by atoms with Gasteiger partial charge in [-0.2, -0.15) is 0 Å². The lowest BCUT2D eigenvalue weighted by Gasteiger charge is -2.30. The molecule has 154 valence electrons. The fourth-order valence-corrected chi connectivity index (χ4v) is 3.39. The highest BCUT2D eigenvalue weighted by atomic mass is 15.1. The van der Waals surface area contributed by atoms with Crippen LogP contribution in [0.25, 0.3) is 5.57 Å². The first-order valence-electron chi connectivity index (χ1n) is 10.4. The summed E-state index contributed by atoms with van der Waals surface area (Å²) in [6.07, 6.45) is 17.1. The summed E-state index contributed by atoms with van der Waals surface area (Å²) in [4.78, 5) is 2.20. The van der Waals surface area contributed by atoms with Crippen LogP contribution in [0.5, 0.6) is 0 Å². The molecule has 29 heavy (non-hydrogen) atoms. The van der Waals surface area contributed by atoms with E-state index in [4.69, 9.17) is 0 Å². The van der Waals surface area contributed by atoms with Gasteiger partial charge in [0.15, 0.2) is 0 Å². The molecule has 0 spiro atoms. The molecule has 0 bridgehead atoms. The molecule has 1 rings (SSSR count). The molecule has 1 aromatic rings. The highest BCUT2D eigenvalue weighted by Crippen LogP contribution is 2.35. The maximum Gasteiger partial charge on any atom is 0.0571 e. The second-order valence-electron chi connectivity index (χ2n) is 7.21. The Morgan fingerprint density at radius 1 is 1.17 bits per heavy atom. The first-order chi connectivity index (χ1) is 13.9. The first-order valence-corrected chi connectivity index (χ1v) is 10.4. The van der Waals surface area contributed by atoms with Crippen molar-refractivity contribution >= 4 is 5.57 Å². The van der Waals surface area contributed by atoms with Crippen molar-refractivity contribution in [3.63, 3.8) is 0 Å². The molecule has 0 saturated carbocycles. The Bertz CT molecular complexity index is 817. The van der Waals surface area contributed by atoms with E-state index in [1.165, 1.54) is 22.3 Å². The highest BCUT2D eigenvalue weighted by molar-refractivity contribution is 5.84. The van der Waals surface area contributed by atoms with E-state index in [-0.39, 0.29) is 6.04 Å². The predicted molar refractivity (Wildman–Crippen MR) is 132 cm³/mol. The third-order valence-electron chi connectivity index (χ3n) is 5.17. The molecule has 0 saturated heterocycles. The van der Waals surface area contributed by atoms with Gasteiger partial charge in [-0.15, -0.1) is 0 Å². The van der Waals surface area contributed by atoms with Gasteiger partial charge in [0.25, 0.3) is 0 Å². The van der Waals surface area contributed by atoms with Gasteiger partial charge in [-0.1, -0.05) is 99.9 Å². The van der Waals surface area contributed by atoms with E-state index in [0.717, 1.165) is 30.4 Å². The van der Waals surface area contributed by atoms with Crippen LogP contribution in [0.3, 0.4) is 0 Å². The molecule has 1 nitrogen and oxygen atoms in total. The number of rotatable bonds is 12. The van der Waals surface area contributed by atoms with E-state index >= 15 is 0 Å². The summed E-state index contributed by atoms with van der Waals surface area (Å²) in [5, 5.41) is 0. The molecule has 0 N–H and O–H groups in total. The van der Waals surface area contributed by atoms with Crippen molar-refractivity contribution < 1.29 is 0 Å². The van der Waals surface area contributed by atoms with Crippen molar-refractivity contribution in [3.05, 3.63) is 115 Å². The molecule has 0 aliphatic carbocycles. The minimum atomic E-state index is 0.212. The Labute approximate surface area is 178 Å². The Balaban J connectivity index is 3.70. The second-order valence-corrected chi connectivity index (χ2v) is 7.21. The summed E-state index contributed by atoms with van der Waals surface area (Å²) in [5.41, 5.74) is 7.20. The molecule has 1 unspecified atom stereocenters. The zero-order valence-corrected chi connectivity index (χ0v) is 18.7. The summed E-state index contributed by atoms with van der Waals surface area (Å²) in [7, 11) is 2.09. The molecule has 0 fully saturated rings. The maximum absolute atomic E-state index is 4.23. The number of benzene rings is 1. The molecule has 0 heterocycles. The smallest absolute Gasteiger partial charge is 0.0571 e. The van der Waals surface area contributed by atoms with Crippen LogP contribution in [0.2, 0.25) is 0 Å². The number of allylic oxidation sites excluding steroid dienone is 8. The normalized spacial score (nSPS) is 13.2. The van der Waals surface area contributed by atoms with Crippen LogP contribution in [0.15, 0.2) is 98.3 Å². The predicted octanol–water partition coefficient (Wildman–Crippen LogP) is 7.98. The van der Waals surface area contributed by atoms with Crippen LogP contribution >= 0.6 is 0 Å². The average molecular weight is 388 g/mol. The summed E-state index contributed by atoms with van der Waals surface area (Å²) >= 11 is 0. The quantitative estimate of drug-likeness (QED) is 0.329. The van der Waals surface area contributed by atoms with Crippen LogP contribution < -0.4 is 0 Å². The minimum Gasteiger partial charge on any atom is -0.374 e. The van der Waals surface area contributed by atoms with Gasteiger partial charge in [0, 0.05) is 7.05 Å². The van der Waals surface area contributed by atoms with Gasteiger partial charge < -0.3 is 4.90 Å². The van der Waals surface area contributed by atoms with E-state index in [1.807, 2.05) is 31.4 Å². The molecule has 1 heteroatoms. The van der Waals surface area contributed by atoms with Crippen LogP contribution in [0.4, 0.5) is 0 Å². The molecular formula is C28H37N. The number of hydrogen-bond acceptors (Lipinski definition) is 1. The lowest BCUT2D eigenvalue weighted by molar-refractivity contribution is 0.337. The zero-order valence-electron chi connectivity index (χ0n) is 18.7. The fourth-order valence-electron chi connectivity index (χ4n) is 3.39. The van der Waals surface area contributed by atoms with Gasteiger partial charge in [0.05, 0.1) is 6.04 Å². The van der Waals surface area contributed by atoms with Gasteiger partial charge in [-0.3, -0.25) is 0 Å². The minimum absolute atomic E-state index is 0.212. The van der Waals surface area contributed by atoms with Crippen molar-refractivity contribution in [1.82, 2.24) is 4.90 Å². The van der Waals surface area contributed by atoms with Crippen LogP contribution in [-0.4, -0.2) is 11.9 Å². The number of nitrogens with zero attached hydrogens (tertiary/aromatic N) is 1. The summed E-state index contributed by atoms with van der Waals surface area (Å²) in [6, 6.07) is 6.82. The second kappa shape index (κ2) is 12.6. The average Bonchev–Trinajstić information content (AvgIpc) is 2.74. The van der Waals surface area contributed by atoms with Crippen molar-refractivity contribution in [1.29, 1.82) is 0 Å². The van der Waals surface area contributed by atoms with E-state index in [1.54, 1.807) is 0 Å². The third kappa shape index (κ3) is 6.64. The monoisotopic (exact) mass is 387 g/mol. The lowest BCUT2D eigenvalue weighted by atomic mass is 9.85. The fraction of sp³-hybridized carbons (Fsp3) is 0.286. The summed E-state index contributed by atoms with van der Waals surface area (Å²) in [5.74, 6) is 0. The molecule has 0 radical (unpaired) electrons. The van der Waals surface area contributed by atoms with Crippen LogP contribution in [0.1, 0.15) is 56.3 Å². The Kier molecular flexibility index (Phi) is 10.5. The Hall–Kier alpha value is -2.80. The topological polar surface area (TPSA) is 3.24 Å². The van der Waals surface area contributed by atoms with Crippen molar-refractivity contribution in [2.45, 2.75) is 46.1 Å². The van der Waals surface area contributed by atoms with E-state index in [0.29, 0.717) is 0 Å². The Morgan fingerprint density at radius 3 is 2.45 bits per heavy atom. The molecule has 1 atom stereocenters. The SMILES string of the molecule is C=CC(=C)/C(=C\C=C/C)c1cccc(C(C/C=C(\C)C=C)N(C)C=C)c1CCC. The molecule has 0 aliphatic rings. The standard InChI is InChI=1S/C28H37N/c1-9-14-17-24(23(7)12-4)26-18-15-19-27(25(26)16-10-2)28(29(8)13-5)21-20-22(6)11-3/h9,11-15,17-20,28H,3-5,7,10,16,21H2,1-2,6,8H3/b14-9-,22-20+,24-17+. The van der Waals surface area contributed by atoms with Gasteiger partial charge >= 0.3 is 0 Å². The van der Waals surface area contributed by atoms with Crippen molar-refractivity contribution in [3.8, 4) is 0 Å². The summed E-state index contributed by atoms with van der Waals surface area (Å²) in [6.45, 7) is 22.4. The van der Waals surface area contributed by atoms with Gasteiger partial charge in [-0.25, -0.2) is 0 Å². The molecular weight excluding hydrogens is 350 g/mol. The third-order valence-corrected chi connectivity index (χ3v) is 5.17. The summed E-state index contributed by atoms with van der Waals surface area (Å²) < 4.78 is 0. The van der Waals surface area contributed by atoms with E-state index in [9.17, 15) is 0 Å². The molecule has 0 amide bonds. The largest absolute Gasteiger partial charge is 0.374 e. The van der Waals surface area contributed by atoms with Gasteiger partial charge in [0.1, 0.15) is 0 Å². The molecule has 0 aliphatic heterocycles. The van der Waals surface area contributed by atoms with Crippen molar-refractivity contribution in [2.24, 2.45) is 0 Å².